The first-order valence-electron chi connectivity index (χ1n) is 12.7. The summed E-state index contributed by atoms with van der Waals surface area (Å²) in [5, 5.41) is 0. The van der Waals surface area contributed by atoms with Crippen molar-refractivity contribution in [1.29, 1.82) is 0 Å². The van der Waals surface area contributed by atoms with Crippen LogP contribution in [0.5, 0.6) is 0 Å². The van der Waals surface area contributed by atoms with Gasteiger partial charge in [0.1, 0.15) is 0 Å². The second kappa shape index (κ2) is 19.9. The molecule has 0 rings (SSSR count). The molecule has 0 fully saturated rings. The van der Waals surface area contributed by atoms with E-state index in [9.17, 15) is 9.59 Å². The zero-order valence-electron chi connectivity index (χ0n) is 20.7. The second-order valence-electron chi connectivity index (χ2n) is 9.69. The summed E-state index contributed by atoms with van der Waals surface area (Å²) in [5.74, 6) is 1.41. The van der Waals surface area contributed by atoms with Gasteiger partial charge in [-0.1, -0.05) is 98.8 Å². The van der Waals surface area contributed by atoms with Gasteiger partial charge in [0.2, 0.25) is 0 Å². The Hall–Kier alpha value is -1.06. The lowest BCUT2D eigenvalue weighted by molar-refractivity contribution is -0.145. The predicted molar refractivity (Wildman–Crippen MR) is 125 cm³/mol. The van der Waals surface area contributed by atoms with Crippen LogP contribution in [0.25, 0.3) is 0 Å². The van der Waals surface area contributed by atoms with E-state index in [1.165, 1.54) is 51.4 Å². The molecular formula is C26H50O4. The van der Waals surface area contributed by atoms with Crippen molar-refractivity contribution in [2.75, 3.05) is 13.2 Å². The smallest absolute Gasteiger partial charge is 0.305 e. The van der Waals surface area contributed by atoms with E-state index in [1.54, 1.807) is 0 Å². The highest BCUT2D eigenvalue weighted by Crippen LogP contribution is 2.20. The SMILES string of the molecule is CCC(CCCCCCCCCCCC(=O)OCC(C)C)CCC(=O)OCC(C)C. The zero-order chi connectivity index (χ0) is 22.6. The summed E-state index contributed by atoms with van der Waals surface area (Å²) < 4.78 is 10.5. The maximum Gasteiger partial charge on any atom is 0.305 e. The summed E-state index contributed by atoms with van der Waals surface area (Å²) in [6.45, 7) is 11.6. The molecule has 0 bridgehead atoms. The van der Waals surface area contributed by atoms with Crippen LogP contribution >= 0.6 is 0 Å². The summed E-state index contributed by atoms with van der Waals surface area (Å²) in [5.41, 5.74) is 0. The molecule has 0 saturated carbocycles. The Bertz CT molecular complexity index is 417. The quantitative estimate of drug-likeness (QED) is 0.149. The molecule has 0 amide bonds. The van der Waals surface area contributed by atoms with Crippen LogP contribution in [0.2, 0.25) is 0 Å². The molecular weight excluding hydrogens is 376 g/mol. The molecule has 0 aliphatic heterocycles. The van der Waals surface area contributed by atoms with E-state index in [-0.39, 0.29) is 11.9 Å². The van der Waals surface area contributed by atoms with Crippen LogP contribution in [0, 0.1) is 17.8 Å². The molecule has 0 aromatic rings. The molecule has 0 aromatic carbocycles. The Balaban J connectivity index is 3.46. The van der Waals surface area contributed by atoms with Gasteiger partial charge in [-0.15, -0.1) is 0 Å². The molecule has 1 atom stereocenters. The second-order valence-corrected chi connectivity index (χ2v) is 9.69. The zero-order valence-corrected chi connectivity index (χ0v) is 20.7. The molecule has 0 spiro atoms. The highest BCUT2D eigenvalue weighted by Gasteiger charge is 2.11. The van der Waals surface area contributed by atoms with Gasteiger partial charge < -0.3 is 9.47 Å². The Morgan fingerprint density at radius 3 is 1.50 bits per heavy atom. The average molecular weight is 427 g/mol. The number of ether oxygens (including phenoxy) is 2. The van der Waals surface area contributed by atoms with Crippen molar-refractivity contribution in [2.45, 2.75) is 125 Å². The van der Waals surface area contributed by atoms with E-state index in [2.05, 4.69) is 34.6 Å². The van der Waals surface area contributed by atoms with Crippen molar-refractivity contribution in [1.82, 2.24) is 0 Å². The van der Waals surface area contributed by atoms with E-state index >= 15 is 0 Å². The van der Waals surface area contributed by atoms with Crippen LogP contribution in [0.15, 0.2) is 0 Å². The predicted octanol–water partition coefficient (Wildman–Crippen LogP) is 7.48. The number of esters is 2. The van der Waals surface area contributed by atoms with E-state index in [1.807, 2.05) is 0 Å². The highest BCUT2D eigenvalue weighted by molar-refractivity contribution is 5.69. The fourth-order valence-electron chi connectivity index (χ4n) is 3.48. The maximum absolute atomic E-state index is 11.8. The van der Waals surface area contributed by atoms with Crippen LogP contribution in [-0.4, -0.2) is 25.2 Å². The molecule has 0 N–H and O–H groups in total. The number of hydrogen-bond acceptors (Lipinski definition) is 4. The Kier molecular flexibility index (Phi) is 19.2. The lowest BCUT2D eigenvalue weighted by Crippen LogP contribution is -2.11. The van der Waals surface area contributed by atoms with Crippen LogP contribution < -0.4 is 0 Å². The number of rotatable bonds is 20. The van der Waals surface area contributed by atoms with Crippen molar-refractivity contribution >= 4 is 11.9 Å². The van der Waals surface area contributed by atoms with Crippen LogP contribution in [0.3, 0.4) is 0 Å². The van der Waals surface area contributed by atoms with Crippen molar-refractivity contribution in [3.05, 3.63) is 0 Å². The van der Waals surface area contributed by atoms with Gasteiger partial charge in [-0.3, -0.25) is 9.59 Å². The van der Waals surface area contributed by atoms with Crippen molar-refractivity contribution in [2.24, 2.45) is 17.8 Å². The minimum atomic E-state index is -0.0402. The maximum atomic E-state index is 11.8. The van der Waals surface area contributed by atoms with Gasteiger partial charge in [-0.05, 0) is 30.6 Å². The number of unbranched alkanes of at least 4 members (excludes halogenated alkanes) is 8. The lowest BCUT2D eigenvalue weighted by atomic mass is 9.93. The third-order valence-electron chi connectivity index (χ3n) is 5.48. The Labute approximate surface area is 186 Å². The monoisotopic (exact) mass is 426 g/mol. The largest absolute Gasteiger partial charge is 0.465 e. The summed E-state index contributed by atoms with van der Waals surface area (Å²) in [6.07, 6.45) is 15.6. The van der Waals surface area contributed by atoms with E-state index < -0.39 is 0 Å². The number of carbonyl (C=O) groups is 2. The fraction of sp³-hybridized carbons (Fsp3) is 0.923. The van der Waals surface area contributed by atoms with Gasteiger partial charge in [0.15, 0.2) is 0 Å². The number of hydrogen-bond donors (Lipinski definition) is 0. The first kappa shape index (κ1) is 28.9. The lowest BCUT2D eigenvalue weighted by Gasteiger charge is -2.14. The molecule has 0 radical (unpaired) electrons. The molecule has 0 aliphatic carbocycles. The van der Waals surface area contributed by atoms with Crippen molar-refractivity contribution in [3.8, 4) is 0 Å². The Morgan fingerprint density at radius 1 is 0.600 bits per heavy atom. The van der Waals surface area contributed by atoms with Gasteiger partial charge in [-0.2, -0.15) is 0 Å². The van der Waals surface area contributed by atoms with E-state index in [4.69, 9.17) is 9.47 Å². The van der Waals surface area contributed by atoms with Gasteiger partial charge in [-0.25, -0.2) is 0 Å². The average Bonchev–Trinajstić information content (AvgIpc) is 2.70. The van der Waals surface area contributed by atoms with E-state index in [0.717, 1.165) is 25.7 Å². The molecule has 0 saturated heterocycles. The molecule has 4 nitrogen and oxygen atoms in total. The van der Waals surface area contributed by atoms with Crippen LogP contribution in [0.1, 0.15) is 125 Å². The third kappa shape index (κ3) is 20.2. The Morgan fingerprint density at radius 2 is 1.03 bits per heavy atom. The normalized spacial score (nSPS) is 12.4. The van der Waals surface area contributed by atoms with Crippen molar-refractivity contribution in [3.63, 3.8) is 0 Å². The topological polar surface area (TPSA) is 52.6 Å². The standard InChI is InChI=1S/C26H50O4/c1-6-24(18-19-26(28)30-21-23(4)5)16-14-12-10-8-7-9-11-13-15-17-25(27)29-20-22(2)3/h22-24H,6-21H2,1-5H3. The van der Waals surface area contributed by atoms with Gasteiger partial charge in [0, 0.05) is 12.8 Å². The van der Waals surface area contributed by atoms with E-state index in [0.29, 0.717) is 43.8 Å². The summed E-state index contributed by atoms with van der Waals surface area (Å²) in [7, 11) is 0. The molecule has 0 heterocycles. The van der Waals surface area contributed by atoms with Crippen molar-refractivity contribution < 1.29 is 19.1 Å². The third-order valence-corrected chi connectivity index (χ3v) is 5.48. The molecule has 4 heteroatoms. The molecule has 1 unspecified atom stereocenters. The highest BCUT2D eigenvalue weighted by atomic mass is 16.5. The first-order valence-corrected chi connectivity index (χ1v) is 12.7. The minimum Gasteiger partial charge on any atom is -0.465 e. The molecule has 0 aromatic heterocycles. The molecule has 30 heavy (non-hydrogen) atoms. The first-order chi connectivity index (χ1) is 14.3. The van der Waals surface area contributed by atoms with Gasteiger partial charge in [0.05, 0.1) is 13.2 Å². The summed E-state index contributed by atoms with van der Waals surface area (Å²) >= 11 is 0. The summed E-state index contributed by atoms with van der Waals surface area (Å²) in [6, 6.07) is 0. The van der Waals surface area contributed by atoms with Gasteiger partial charge in [0.25, 0.3) is 0 Å². The van der Waals surface area contributed by atoms with Gasteiger partial charge >= 0.3 is 11.9 Å². The number of carbonyl (C=O) groups excluding carboxylic acids is 2. The summed E-state index contributed by atoms with van der Waals surface area (Å²) in [4.78, 5) is 23.3. The minimum absolute atomic E-state index is 0.0328. The fourth-order valence-corrected chi connectivity index (χ4v) is 3.48. The van der Waals surface area contributed by atoms with Crippen LogP contribution in [-0.2, 0) is 19.1 Å². The molecule has 178 valence electrons. The van der Waals surface area contributed by atoms with Crippen LogP contribution in [0.4, 0.5) is 0 Å². The molecule has 0 aliphatic rings.